The lowest BCUT2D eigenvalue weighted by atomic mass is 10.0. The molecule has 2 fully saturated rings. The van der Waals surface area contributed by atoms with E-state index < -0.39 is 0 Å². The monoisotopic (exact) mass is 380 g/mol. The second-order valence-corrected chi connectivity index (χ2v) is 7.91. The fraction of sp³-hybridized carbons (Fsp3) is 0.318. The summed E-state index contributed by atoms with van der Waals surface area (Å²) >= 11 is 6.27. The summed E-state index contributed by atoms with van der Waals surface area (Å²) in [6.07, 6.45) is 2.41. The summed E-state index contributed by atoms with van der Waals surface area (Å²) < 4.78 is 6.37. The van der Waals surface area contributed by atoms with Gasteiger partial charge in [-0.1, -0.05) is 48.0 Å². The number of aromatic amines is 1. The van der Waals surface area contributed by atoms with Crippen LogP contribution in [-0.4, -0.2) is 35.0 Å². The minimum absolute atomic E-state index is 0.0112. The largest absolute Gasteiger partial charge is 0.366 e. The van der Waals surface area contributed by atoms with Crippen LogP contribution in [-0.2, 0) is 4.74 Å². The van der Waals surface area contributed by atoms with E-state index in [9.17, 15) is 4.79 Å². The first-order chi connectivity index (χ1) is 13.2. The van der Waals surface area contributed by atoms with E-state index in [-0.39, 0.29) is 18.1 Å². The molecule has 1 aliphatic carbocycles. The predicted molar refractivity (Wildman–Crippen MR) is 106 cm³/mol. The standard InChI is InChI=1S/C22H21ClN2O2/c23-17-7-4-8-18-16(17)11-19(24-18)22(26)25-12-20(14-5-2-1-3-6-14)27-21(13-25)15-9-10-15/h1-8,11,15,20-21,24H,9-10,12-13H2/t20-,21+/m0/s1. The van der Waals surface area contributed by atoms with Gasteiger partial charge in [0, 0.05) is 22.5 Å². The van der Waals surface area contributed by atoms with Crippen LogP contribution in [0.2, 0.25) is 5.02 Å². The minimum Gasteiger partial charge on any atom is -0.366 e. The van der Waals surface area contributed by atoms with Gasteiger partial charge in [0.25, 0.3) is 5.91 Å². The Morgan fingerprint density at radius 3 is 2.63 bits per heavy atom. The highest BCUT2D eigenvalue weighted by Gasteiger charge is 2.40. The van der Waals surface area contributed by atoms with E-state index in [0.29, 0.717) is 29.7 Å². The molecule has 0 unspecified atom stereocenters. The lowest BCUT2D eigenvalue weighted by molar-refractivity contribution is -0.0864. The van der Waals surface area contributed by atoms with Crippen LogP contribution < -0.4 is 0 Å². The van der Waals surface area contributed by atoms with Crippen molar-refractivity contribution in [3.63, 3.8) is 0 Å². The van der Waals surface area contributed by atoms with Crippen LogP contribution in [0.15, 0.2) is 54.6 Å². The maximum Gasteiger partial charge on any atom is 0.270 e. The molecular weight excluding hydrogens is 360 g/mol. The number of hydrogen-bond donors (Lipinski definition) is 1. The Bertz CT molecular complexity index is 980. The number of hydrogen-bond acceptors (Lipinski definition) is 2. The predicted octanol–water partition coefficient (Wildman–Crippen LogP) is 4.81. The molecule has 1 saturated carbocycles. The molecular formula is C22H21ClN2O2. The Kier molecular flexibility index (Phi) is 4.18. The fourth-order valence-corrected chi connectivity index (χ4v) is 4.17. The molecule has 0 spiro atoms. The summed E-state index contributed by atoms with van der Waals surface area (Å²) in [4.78, 5) is 18.4. The molecule has 2 aromatic carbocycles. The van der Waals surface area contributed by atoms with Gasteiger partial charge >= 0.3 is 0 Å². The van der Waals surface area contributed by atoms with Crippen molar-refractivity contribution < 1.29 is 9.53 Å². The lowest BCUT2D eigenvalue weighted by Crippen LogP contribution is -2.47. The fourth-order valence-electron chi connectivity index (χ4n) is 3.94. The van der Waals surface area contributed by atoms with E-state index in [1.165, 1.54) is 12.8 Å². The summed E-state index contributed by atoms with van der Waals surface area (Å²) in [5, 5.41) is 1.54. The van der Waals surface area contributed by atoms with Gasteiger partial charge in [0.1, 0.15) is 11.8 Å². The zero-order valence-corrected chi connectivity index (χ0v) is 15.7. The Labute approximate surface area is 163 Å². The average molecular weight is 381 g/mol. The number of nitrogens with one attached hydrogen (secondary N) is 1. The molecule has 2 heterocycles. The van der Waals surface area contributed by atoms with Crippen molar-refractivity contribution in [1.29, 1.82) is 0 Å². The number of amides is 1. The van der Waals surface area contributed by atoms with Gasteiger partial charge in [-0.3, -0.25) is 4.79 Å². The molecule has 1 aliphatic heterocycles. The summed E-state index contributed by atoms with van der Waals surface area (Å²) in [7, 11) is 0. The third kappa shape index (κ3) is 3.24. The minimum atomic E-state index is -0.0810. The molecule has 27 heavy (non-hydrogen) atoms. The van der Waals surface area contributed by atoms with Crippen molar-refractivity contribution in [2.45, 2.75) is 25.0 Å². The molecule has 5 heteroatoms. The molecule has 1 saturated heterocycles. The first-order valence-electron chi connectivity index (χ1n) is 9.46. The van der Waals surface area contributed by atoms with Gasteiger partial charge in [0.15, 0.2) is 0 Å². The molecule has 1 aromatic heterocycles. The number of H-pyrrole nitrogens is 1. The van der Waals surface area contributed by atoms with Crippen LogP contribution in [0.3, 0.4) is 0 Å². The smallest absolute Gasteiger partial charge is 0.270 e. The SMILES string of the molecule is O=C(c1cc2c(Cl)cccc2[nH]1)N1C[C@@H](c2ccccc2)O[C@@H](C2CC2)C1. The number of carbonyl (C=O) groups is 1. The molecule has 2 atom stereocenters. The van der Waals surface area contributed by atoms with E-state index in [4.69, 9.17) is 16.3 Å². The van der Waals surface area contributed by atoms with Gasteiger partial charge in [-0.05, 0) is 42.5 Å². The number of aromatic nitrogens is 1. The summed E-state index contributed by atoms with van der Waals surface area (Å²) in [6.45, 7) is 1.21. The highest BCUT2D eigenvalue weighted by molar-refractivity contribution is 6.35. The zero-order chi connectivity index (χ0) is 18.4. The third-order valence-electron chi connectivity index (χ3n) is 5.57. The molecule has 1 N–H and O–H groups in total. The van der Waals surface area contributed by atoms with Gasteiger partial charge in [-0.2, -0.15) is 0 Å². The number of morpholine rings is 1. The van der Waals surface area contributed by atoms with E-state index in [0.717, 1.165) is 16.5 Å². The third-order valence-corrected chi connectivity index (χ3v) is 5.90. The summed E-state index contributed by atoms with van der Waals surface area (Å²) in [6, 6.07) is 17.7. The van der Waals surface area contributed by atoms with Crippen LogP contribution in [0.1, 0.15) is 35.0 Å². The van der Waals surface area contributed by atoms with Gasteiger partial charge < -0.3 is 14.6 Å². The molecule has 1 amide bonds. The maximum atomic E-state index is 13.2. The van der Waals surface area contributed by atoms with E-state index in [1.807, 2.05) is 47.4 Å². The highest BCUT2D eigenvalue weighted by atomic mass is 35.5. The summed E-state index contributed by atoms with van der Waals surface area (Å²) in [5.74, 6) is 0.584. The first kappa shape index (κ1) is 16.8. The van der Waals surface area contributed by atoms with Crippen LogP contribution in [0.5, 0.6) is 0 Å². The van der Waals surface area contributed by atoms with Crippen LogP contribution >= 0.6 is 11.6 Å². The normalized spacial score (nSPS) is 22.9. The van der Waals surface area contributed by atoms with E-state index >= 15 is 0 Å². The van der Waals surface area contributed by atoms with Crippen molar-refractivity contribution in [2.24, 2.45) is 5.92 Å². The number of nitrogens with zero attached hydrogens (tertiary/aromatic N) is 1. The van der Waals surface area contributed by atoms with Gasteiger partial charge in [-0.15, -0.1) is 0 Å². The van der Waals surface area contributed by atoms with E-state index in [1.54, 1.807) is 0 Å². The number of ether oxygens (including phenoxy) is 1. The number of carbonyl (C=O) groups excluding carboxylic acids is 1. The second-order valence-electron chi connectivity index (χ2n) is 7.51. The van der Waals surface area contributed by atoms with Crippen LogP contribution in [0.4, 0.5) is 0 Å². The lowest BCUT2D eigenvalue weighted by Gasteiger charge is -2.38. The zero-order valence-electron chi connectivity index (χ0n) is 14.9. The van der Waals surface area contributed by atoms with Crippen LogP contribution in [0.25, 0.3) is 10.9 Å². The number of benzene rings is 2. The van der Waals surface area contributed by atoms with Gasteiger partial charge in [0.05, 0.1) is 12.6 Å². The Morgan fingerprint density at radius 1 is 1.07 bits per heavy atom. The van der Waals surface area contributed by atoms with Gasteiger partial charge in [-0.25, -0.2) is 0 Å². The molecule has 138 valence electrons. The maximum absolute atomic E-state index is 13.2. The molecule has 5 rings (SSSR count). The van der Waals surface area contributed by atoms with Crippen molar-refractivity contribution >= 4 is 28.4 Å². The number of fused-ring (bicyclic) bond motifs is 1. The topological polar surface area (TPSA) is 45.3 Å². The second kappa shape index (κ2) is 6.70. The highest BCUT2D eigenvalue weighted by Crippen LogP contribution is 2.39. The Hall–Kier alpha value is -2.30. The number of halogens is 1. The van der Waals surface area contributed by atoms with Gasteiger partial charge in [0.2, 0.25) is 0 Å². The number of rotatable bonds is 3. The van der Waals surface area contributed by atoms with Crippen molar-refractivity contribution in [2.75, 3.05) is 13.1 Å². The Balaban J connectivity index is 1.44. The van der Waals surface area contributed by atoms with Crippen molar-refractivity contribution in [3.05, 3.63) is 70.9 Å². The quantitative estimate of drug-likeness (QED) is 0.708. The molecule has 4 nitrogen and oxygen atoms in total. The van der Waals surface area contributed by atoms with Crippen molar-refractivity contribution in [3.8, 4) is 0 Å². The molecule has 0 radical (unpaired) electrons. The molecule has 0 bridgehead atoms. The molecule has 2 aliphatic rings. The summed E-state index contributed by atoms with van der Waals surface area (Å²) in [5.41, 5.74) is 2.60. The first-order valence-corrected chi connectivity index (χ1v) is 9.84. The molecule has 3 aromatic rings. The Morgan fingerprint density at radius 2 is 1.89 bits per heavy atom. The average Bonchev–Trinajstić information content (AvgIpc) is 3.47. The van der Waals surface area contributed by atoms with Crippen molar-refractivity contribution in [1.82, 2.24) is 9.88 Å². The van der Waals surface area contributed by atoms with E-state index in [2.05, 4.69) is 17.1 Å². The van der Waals surface area contributed by atoms with Crippen LogP contribution in [0, 0.1) is 5.92 Å².